The van der Waals surface area contributed by atoms with Crippen LogP contribution in [0.1, 0.15) is 13.8 Å². The summed E-state index contributed by atoms with van der Waals surface area (Å²) in [6.07, 6.45) is 1.05. The molecule has 1 rings (SSSR count). The van der Waals surface area contributed by atoms with Gasteiger partial charge in [-0.2, -0.15) is 0 Å². The second-order valence-corrected chi connectivity index (χ2v) is 3.80. The third-order valence-corrected chi connectivity index (χ3v) is 2.16. The fourth-order valence-corrected chi connectivity index (χ4v) is 1.60. The molecular formula is C9H18N2O. The third-order valence-electron chi connectivity index (χ3n) is 2.16. The molecule has 1 unspecified atom stereocenters. The van der Waals surface area contributed by atoms with E-state index in [0.717, 1.165) is 32.5 Å². The summed E-state index contributed by atoms with van der Waals surface area (Å²) in [6, 6.07) is 0.0983. The molecule has 70 valence electrons. The van der Waals surface area contributed by atoms with Crippen molar-refractivity contribution in [1.29, 1.82) is 0 Å². The number of nitrogens with zero attached hydrogens (tertiary/aromatic N) is 1. The third kappa shape index (κ3) is 2.57. The lowest BCUT2D eigenvalue weighted by molar-refractivity contribution is -0.113. The van der Waals surface area contributed by atoms with Gasteiger partial charge in [-0.25, -0.2) is 0 Å². The number of carbonyl (C=O) groups excluding carboxylic acids is 1. The molecule has 3 heteroatoms. The van der Waals surface area contributed by atoms with Gasteiger partial charge in [-0.3, -0.25) is 4.90 Å². The van der Waals surface area contributed by atoms with Gasteiger partial charge in [0.1, 0.15) is 6.29 Å². The van der Waals surface area contributed by atoms with E-state index >= 15 is 0 Å². The van der Waals surface area contributed by atoms with Crippen molar-refractivity contribution in [2.45, 2.75) is 19.9 Å². The van der Waals surface area contributed by atoms with Crippen molar-refractivity contribution in [2.24, 2.45) is 5.92 Å². The van der Waals surface area contributed by atoms with Gasteiger partial charge in [0, 0.05) is 26.2 Å². The van der Waals surface area contributed by atoms with Crippen molar-refractivity contribution in [3.63, 3.8) is 0 Å². The highest BCUT2D eigenvalue weighted by atomic mass is 16.1. The molecule has 1 atom stereocenters. The first kappa shape index (κ1) is 9.68. The maximum atomic E-state index is 10.7. The summed E-state index contributed by atoms with van der Waals surface area (Å²) in [4.78, 5) is 12.9. The molecule has 0 bridgehead atoms. The van der Waals surface area contributed by atoms with E-state index < -0.39 is 0 Å². The molecule has 1 aliphatic heterocycles. The molecule has 0 amide bonds. The van der Waals surface area contributed by atoms with Gasteiger partial charge in [-0.1, -0.05) is 13.8 Å². The van der Waals surface area contributed by atoms with Crippen LogP contribution >= 0.6 is 0 Å². The molecule has 0 aromatic carbocycles. The summed E-state index contributed by atoms with van der Waals surface area (Å²) < 4.78 is 0. The van der Waals surface area contributed by atoms with E-state index in [4.69, 9.17) is 0 Å². The Hall–Kier alpha value is -0.410. The quantitative estimate of drug-likeness (QED) is 0.610. The van der Waals surface area contributed by atoms with Gasteiger partial charge in [-0.05, 0) is 5.92 Å². The van der Waals surface area contributed by atoms with Gasteiger partial charge in [0.25, 0.3) is 0 Å². The second kappa shape index (κ2) is 4.58. The van der Waals surface area contributed by atoms with Crippen LogP contribution in [0, 0.1) is 5.92 Å². The number of hydrogen-bond donors (Lipinski definition) is 1. The van der Waals surface area contributed by atoms with E-state index in [1.807, 2.05) is 0 Å². The van der Waals surface area contributed by atoms with Gasteiger partial charge in [-0.15, -0.1) is 0 Å². The lowest BCUT2D eigenvalue weighted by atomic mass is 10.1. The summed E-state index contributed by atoms with van der Waals surface area (Å²) >= 11 is 0. The zero-order valence-electron chi connectivity index (χ0n) is 7.92. The number of aldehydes is 1. The van der Waals surface area contributed by atoms with Crippen LogP contribution in [0.25, 0.3) is 0 Å². The topological polar surface area (TPSA) is 32.3 Å². The Balaban J connectivity index is 2.41. The van der Waals surface area contributed by atoms with Crippen molar-refractivity contribution in [3.8, 4) is 0 Å². The zero-order chi connectivity index (χ0) is 8.97. The Morgan fingerprint density at radius 1 is 1.67 bits per heavy atom. The second-order valence-electron chi connectivity index (χ2n) is 3.80. The minimum atomic E-state index is 0.0983. The Labute approximate surface area is 74.1 Å². The first-order valence-corrected chi connectivity index (χ1v) is 4.64. The SMILES string of the molecule is CC(C)CN1CCNCC1C=O. The molecule has 1 saturated heterocycles. The number of nitrogens with one attached hydrogen (secondary N) is 1. The predicted octanol–water partition coefficient (Wildman–Crippen LogP) is 0.115. The molecule has 12 heavy (non-hydrogen) atoms. The van der Waals surface area contributed by atoms with Crippen molar-refractivity contribution in [2.75, 3.05) is 26.2 Å². The summed E-state index contributed by atoms with van der Waals surface area (Å²) in [6.45, 7) is 8.23. The maximum Gasteiger partial charge on any atom is 0.138 e. The average molecular weight is 170 g/mol. The highest BCUT2D eigenvalue weighted by Gasteiger charge is 2.21. The molecule has 0 radical (unpaired) electrons. The number of rotatable bonds is 3. The standard InChI is InChI=1S/C9H18N2O/c1-8(2)6-11-4-3-10-5-9(11)7-12/h7-10H,3-6H2,1-2H3. The van der Waals surface area contributed by atoms with Crippen LogP contribution in [0.15, 0.2) is 0 Å². The van der Waals surface area contributed by atoms with Crippen LogP contribution < -0.4 is 5.32 Å². The van der Waals surface area contributed by atoms with Crippen LogP contribution in [0.2, 0.25) is 0 Å². The summed E-state index contributed by atoms with van der Waals surface area (Å²) in [5.41, 5.74) is 0. The van der Waals surface area contributed by atoms with Crippen molar-refractivity contribution < 1.29 is 4.79 Å². The number of carbonyl (C=O) groups is 1. The molecule has 0 aliphatic carbocycles. The monoisotopic (exact) mass is 170 g/mol. The lowest BCUT2D eigenvalue weighted by Crippen LogP contribution is -2.52. The highest BCUT2D eigenvalue weighted by molar-refractivity contribution is 5.58. The molecular weight excluding hydrogens is 152 g/mol. The fraction of sp³-hybridized carbons (Fsp3) is 0.889. The van der Waals surface area contributed by atoms with Crippen molar-refractivity contribution >= 4 is 6.29 Å². The fourth-order valence-electron chi connectivity index (χ4n) is 1.60. The summed E-state index contributed by atoms with van der Waals surface area (Å²) in [5, 5.41) is 3.22. The molecule has 3 nitrogen and oxygen atoms in total. The molecule has 1 aliphatic rings. The van der Waals surface area contributed by atoms with Gasteiger partial charge >= 0.3 is 0 Å². The molecule has 0 aromatic rings. The smallest absolute Gasteiger partial charge is 0.138 e. The van der Waals surface area contributed by atoms with Gasteiger partial charge in [0.2, 0.25) is 0 Å². The van der Waals surface area contributed by atoms with E-state index in [9.17, 15) is 4.79 Å². The van der Waals surface area contributed by atoms with Crippen LogP contribution in [0.3, 0.4) is 0 Å². The van der Waals surface area contributed by atoms with E-state index in [1.165, 1.54) is 0 Å². The average Bonchev–Trinajstić information content (AvgIpc) is 2.04. The van der Waals surface area contributed by atoms with Crippen molar-refractivity contribution in [1.82, 2.24) is 10.2 Å². The first-order valence-electron chi connectivity index (χ1n) is 4.64. The Bertz CT molecular complexity index is 147. The van der Waals surface area contributed by atoms with Gasteiger partial charge in [0.15, 0.2) is 0 Å². The molecule has 1 N–H and O–H groups in total. The zero-order valence-corrected chi connectivity index (χ0v) is 7.92. The van der Waals surface area contributed by atoms with Crippen LogP contribution in [-0.4, -0.2) is 43.4 Å². The highest BCUT2D eigenvalue weighted by Crippen LogP contribution is 2.04. The minimum Gasteiger partial charge on any atom is -0.313 e. The number of piperazine rings is 1. The van der Waals surface area contributed by atoms with E-state index in [-0.39, 0.29) is 6.04 Å². The molecule has 0 spiro atoms. The van der Waals surface area contributed by atoms with Gasteiger partial charge < -0.3 is 10.1 Å². The van der Waals surface area contributed by atoms with Crippen LogP contribution in [-0.2, 0) is 4.79 Å². The predicted molar refractivity (Wildman–Crippen MR) is 49.1 cm³/mol. The molecule has 1 fully saturated rings. The van der Waals surface area contributed by atoms with Crippen molar-refractivity contribution in [3.05, 3.63) is 0 Å². The van der Waals surface area contributed by atoms with Gasteiger partial charge in [0.05, 0.1) is 6.04 Å². The van der Waals surface area contributed by atoms with E-state index in [0.29, 0.717) is 5.92 Å². The van der Waals surface area contributed by atoms with E-state index in [1.54, 1.807) is 0 Å². The molecule has 0 aromatic heterocycles. The Morgan fingerprint density at radius 2 is 2.42 bits per heavy atom. The summed E-state index contributed by atoms with van der Waals surface area (Å²) in [5.74, 6) is 0.644. The minimum absolute atomic E-state index is 0.0983. The largest absolute Gasteiger partial charge is 0.313 e. The normalized spacial score (nSPS) is 26.1. The van der Waals surface area contributed by atoms with Crippen LogP contribution in [0.4, 0.5) is 0 Å². The van der Waals surface area contributed by atoms with E-state index in [2.05, 4.69) is 24.1 Å². The molecule has 0 saturated carbocycles. The Kier molecular flexibility index (Phi) is 3.69. The lowest BCUT2D eigenvalue weighted by Gasteiger charge is -2.33. The molecule has 1 heterocycles. The first-order chi connectivity index (χ1) is 5.74. The maximum absolute atomic E-state index is 10.7. The summed E-state index contributed by atoms with van der Waals surface area (Å²) in [7, 11) is 0. The number of hydrogen-bond acceptors (Lipinski definition) is 3. The van der Waals surface area contributed by atoms with Crippen LogP contribution in [0.5, 0.6) is 0 Å². The Morgan fingerprint density at radius 3 is 3.00 bits per heavy atom.